The number of carbonyl (C=O) groups is 4. The molecule has 0 aromatic heterocycles. The largest absolute Gasteiger partial charge is 0.481 e. The van der Waals surface area contributed by atoms with Crippen LogP contribution in [0.3, 0.4) is 0 Å². The summed E-state index contributed by atoms with van der Waals surface area (Å²) in [6.45, 7) is -0.374. The van der Waals surface area contributed by atoms with E-state index in [1.807, 2.05) is 0 Å². The molecule has 0 radical (unpaired) electrons. The lowest BCUT2D eigenvalue weighted by Gasteiger charge is -2.14. The Morgan fingerprint density at radius 2 is 1.74 bits per heavy atom. The van der Waals surface area contributed by atoms with Gasteiger partial charge in [-0.3, -0.25) is 29.0 Å². The second kappa shape index (κ2) is 7.49. The topological polar surface area (TPSA) is 115 Å². The van der Waals surface area contributed by atoms with Crippen molar-refractivity contribution in [3.8, 4) is 0 Å². The van der Waals surface area contributed by atoms with Gasteiger partial charge >= 0.3 is 11.9 Å². The van der Waals surface area contributed by atoms with E-state index in [9.17, 15) is 19.2 Å². The highest BCUT2D eigenvalue weighted by atomic mass is 32.2. The van der Waals surface area contributed by atoms with Crippen LogP contribution in [0.25, 0.3) is 5.57 Å². The Kier molecular flexibility index (Phi) is 5.29. The van der Waals surface area contributed by atoms with Crippen LogP contribution in [0.2, 0.25) is 0 Å². The summed E-state index contributed by atoms with van der Waals surface area (Å²) in [5.41, 5.74) is 1.04. The number of anilines is 1. The number of carboxylic acid groups (broad SMARTS) is 2. The fourth-order valence-electron chi connectivity index (χ4n) is 2.92. The molecule has 2 aliphatic rings. The van der Waals surface area contributed by atoms with Crippen LogP contribution in [0.1, 0.15) is 18.4 Å². The van der Waals surface area contributed by atoms with Crippen molar-refractivity contribution in [1.82, 2.24) is 4.90 Å². The Morgan fingerprint density at radius 3 is 2.41 bits per heavy atom. The molecule has 2 amide bonds. The number of thioether (sulfide) groups is 1. The maximum absolute atomic E-state index is 12.8. The zero-order valence-corrected chi connectivity index (χ0v) is 15.5. The third kappa shape index (κ3) is 3.58. The molecular formula is C17H14N2O6S2. The number of carboxylic acids is 2. The number of thiocarbonyl (C=S) groups is 1. The third-order valence-electron chi connectivity index (χ3n) is 4.07. The molecule has 1 saturated heterocycles. The van der Waals surface area contributed by atoms with E-state index in [1.165, 1.54) is 4.90 Å². The summed E-state index contributed by atoms with van der Waals surface area (Å²) >= 11 is 6.18. The maximum Gasteiger partial charge on any atom is 0.323 e. The average molecular weight is 406 g/mol. The van der Waals surface area contributed by atoms with Crippen LogP contribution in [-0.2, 0) is 19.2 Å². The predicted octanol–water partition coefficient (Wildman–Crippen LogP) is 1.55. The first kappa shape index (κ1) is 19.1. The van der Waals surface area contributed by atoms with Crippen LogP contribution in [0, 0.1) is 0 Å². The van der Waals surface area contributed by atoms with Crippen molar-refractivity contribution in [1.29, 1.82) is 0 Å². The Labute approximate surface area is 163 Å². The minimum Gasteiger partial charge on any atom is -0.481 e. The Balaban J connectivity index is 1.96. The Bertz CT molecular complexity index is 910. The number of benzene rings is 1. The molecule has 8 nitrogen and oxygen atoms in total. The molecule has 0 bridgehead atoms. The molecule has 0 saturated carbocycles. The van der Waals surface area contributed by atoms with E-state index >= 15 is 0 Å². The van der Waals surface area contributed by atoms with Gasteiger partial charge in [-0.15, -0.1) is 0 Å². The van der Waals surface area contributed by atoms with Crippen molar-refractivity contribution in [2.45, 2.75) is 12.8 Å². The van der Waals surface area contributed by atoms with Gasteiger partial charge < -0.3 is 10.2 Å². The van der Waals surface area contributed by atoms with Gasteiger partial charge in [0, 0.05) is 18.5 Å². The van der Waals surface area contributed by atoms with Gasteiger partial charge in [0.2, 0.25) is 0 Å². The molecule has 0 unspecified atom stereocenters. The summed E-state index contributed by atoms with van der Waals surface area (Å²) in [4.78, 5) is 50.0. The quantitative estimate of drug-likeness (QED) is 0.540. The zero-order valence-electron chi connectivity index (χ0n) is 13.9. The summed E-state index contributed by atoms with van der Waals surface area (Å²) < 4.78 is 0.245. The van der Waals surface area contributed by atoms with E-state index in [-0.39, 0.29) is 34.2 Å². The van der Waals surface area contributed by atoms with Crippen LogP contribution in [-0.4, -0.2) is 56.3 Å². The molecule has 140 valence electrons. The average Bonchev–Trinajstić information content (AvgIpc) is 3.02. The highest BCUT2D eigenvalue weighted by molar-refractivity contribution is 8.26. The first-order valence-electron chi connectivity index (χ1n) is 7.94. The number of hydrogen-bond acceptors (Lipinski definition) is 6. The van der Waals surface area contributed by atoms with Gasteiger partial charge in [-0.05, 0) is 12.5 Å². The SMILES string of the molecule is O=C(O)CCCN1C(=O)/C(=C2\C(=O)N(CC(=O)O)c3ccccc32)SC1=S. The lowest BCUT2D eigenvalue weighted by Crippen LogP contribution is -2.33. The van der Waals surface area contributed by atoms with E-state index in [4.69, 9.17) is 22.4 Å². The standard InChI is InChI=1S/C17H14N2O6S2/c20-11(21)6-3-7-18-16(25)14(27-17(18)26)13-9-4-1-2-5-10(9)19(15(13)24)8-12(22)23/h1-2,4-5H,3,6-8H2,(H,20,21)(H,22,23)/b14-13+. The van der Waals surface area contributed by atoms with Gasteiger partial charge in [-0.1, -0.05) is 42.2 Å². The van der Waals surface area contributed by atoms with E-state index in [0.717, 1.165) is 16.7 Å². The molecule has 2 N–H and O–H groups in total. The summed E-state index contributed by atoms with van der Waals surface area (Å²) in [6.07, 6.45) is 0.136. The number of carbonyl (C=O) groups excluding carboxylic acids is 2. The lowest BCUT2D eigenvalue weighted by molar-refractivity contribution is -0.137. The first-order valence-corrected chi connectivity index (χ1v) is 9.16. The molecule has 27 heavy (non-hydrogen) atoms. The molecule has 3 rings (SSSR count). The van der Waals surface area contributed by atoms with E-state index in [2.05, 4.69) is 0 Å². The number of nitrogens with zero attached hydrogens (tertiary/aromatic N) is 2. The number of fused-ring (bicyclic) bond motifs is 1. The first-order chi connectivity index (χ1) is 12.8. The molecule has 2 aliphatic heterocycles. The molecule has 1 aromatic rings. The van der Waals surface area contributed by atoms with Gasteiger partial charge in [0.15, 0.2) is 0 Å². The minimum absolute atomic E-state index is 0.100. The smallest absolute Gasteiger partial charge is 0.323 e. The minimum atomic E-state index is -1.17. The van der Waals surface area contributed by atoms with Gasteiger partial charge in [0.25, 0.3) is 11.8 Å². The van der Waals surface area contributed by atoms with Crippen molar-refractivity contribution in [3.63, 3.8) is 0 Å². The van der Waals surface area contributed by atoms with Gasteiger partial charge in [-0.2, -0.15) is 0 Å². The van der Waals surface area contributed by atoms with Gasteiger partial charge in [-0.25, -0.2) is 0 Å². The maximum atomic E-state index is 12.8. The number of rotatable bonds is 6. The Morgan fingerprint density at radius 1 is 1.04 bits per heavy atom. The summed E-state index contributed by atoms with van der Waals surface area (Å²) in [7, 11) is 0. The Hall–Kier alpha value is -2.72. The molecule has 10 heteroatoms. The molecule has 1 aromatic carbocycles. The summed E-state index contributed by atoms with van der Waals surface area (Å²) in [5.74, 6) is -3.17. The zero-order chi connectivity index (χ0) is 19.7. The van der Waals surface area contributed by atoms with Gasteiger partial charge in [0.1, 0.15) is 10.9 Å². The van der Waals surface area contributed by atoms with Crippen molar-refractivity contribution in [2.24, 2.45) is 0 Å². The monoisotopic (exact) mass is 406 g/mol. The highest BCUT2D eigenvalue weighted by Crippen LogP contribution is 2.44. The number of para-hydroxylation sites is 1. The van der Waals surface area contributed by atoms with Crippen LogP contribution in [0.5, 0.6) is 0 Å². The molecule has 0 atom stereocenters. The number of hydrogen-bond donors (Lipinski definition) is 2. The molecule has 0 spiro atoms. The summed E-state index contributed by atoms with van der Waals surface area (Å²) in [5, 5.41) is 17.8. The van der Waals surface area contributed by atoms with Crippen molar-refractivity contribution in [3.05, 3.63) is 34.7 Å². The predicted molar refractivity (Wildman–Crippen MR) is 102 cm³/mol. The van der Waals surface area contributed by atoms with Crippen LogP contribution >= 0.6 is 24.0 Å². The molecule has 1 fully saturated rings. The molecule has 2 heterocycles. The second-order valence-corrected chi connectivity index (χ2v) is 7.47. The number of aliphatic carboxylic acids is 2. The third-order valence-corrected chi connectivity index (χ3v) is 5.51. The fourth-order valence-corrected chi connectivity index (χ4v) is 4.30. The second-order valence-electron chi connectivity index (χ2n) is 5.83. The van der Waals surface area contributed by atoms with Crippen LogP contribution in [0.4, 0.5) is 5.69 Å². The molecule has 0 aliphatic carbocycles. The fraction of sp³-hybridized carbons (Fsp3) is 0.235. The van der Waals surface area contributed by atoms with Gasteiger partial charge in [0.05, 0.1) is 16.2 Å². The van der Waals surface area contributed by atoms with E-state index in [0.29, 0.717) is 11.3 Å². The summed E-state index contributed by atoms with van der Waals surface area (Å²) in [6, 6.07) is 6.66. The van der Waals surface area contributed by atoms with Crippen molar-refractivity contribution < 1.29 is 29.4 Å². The highest BCUT2D eigenvalue weighted by Gasteiger charge is 2.42. The normalized spacial score (nSPS) is 19.0. The van der Waals surface area contributed by atoms with Crippen LogP contribution < -0.4 is 4.90 Å². The molecular weight excluding hydrogens is 392 g/mol. The van der Waals surface area contributed by atoms with Crippen molar-refractivity contribution in [2.75, 3.05) is 18.0 Å². The lowest BCUT2D eigenvalue weighted by atomic mass is 10.1. The van der Waals surface area contributed by atoms with Crippen molar-refractivity contribution >= 4 is 63.3 Å². The van der Waals surface area contributed by atoms with Crippen LogP contribution in [0.15, 0.2) is 29.2 Å². The van der Waals surface area contributed by atoms with E-state index in [1.54, 1.807) is 24.3 Å². The van der Waals surface area contributed by atoms with E-state index < -0.39 is 30.3 Å². The number of amides is 2.